The van der Waals surface area contributed by atoms with Crippen molar-refractivity contribution in [3.8, 4) is 17.0 Å². The van der Waals surface area contributed by atoms with E-state index in [4.69, 9.17) is 5.73 Å². The highest BCUT2D eigenvalue weighted by Gasteiger charge is 2.20. The number of carbonyl (C=O) groups excluding carboxylic acids is 2. The molecule has 0 saturated carbocycles. The Morgan fingerprint density at radius 1 is 1.19 bits per heavy atom. The van der Waals surface area contributed by atoms with Gasteiger partial charge in [0.1, 0.15) is 23.2 Å². The van der Waals surface area contributed by atoms with Crippen molar-refractivity contribution in [1.29, 1.82) is 0 Å². The Bertz CT molecular complexity index is 1300. The molecule has 188 valence electrons. The minimum absolute atomic E-state index is 0.0116. The molecule has 10 heteroatoms. The van der Waals surface area contributed by atoms with Gasteiger partial charge in [0.2, 0.25) is 5.91 Å². The van der Waals surface area contributed by atoms with E-state index >= 15 is 0 Å². The Labute approximate surface area is 207 Å². The largest absolute Gasteiger partial charge is 0.507 e. The molecule has 0 bridgehead atoms. The molecule has 4 rings (SSSR count). The first-order valence-corrected chi connectivity index (χ1v) is 11.6. The van der Waals surface area contributed by atoms with E-state index in [1.165, 1.54) is 23.1 Å². The van der Waals surface area contributed by atoms with Crippen LogP contribution in [-0.4, -0.2) is 53.5 Å². The lowest BCUT2D eigenvalue weighted by Crippen LogP contribution is -2.31. The lowest BCUT2D eigenvalue weighted by atomic mass is 10.1. The van der Waals surface area contributed by atoms with Gasteiger partial charge in [0, 0.05) is 50.4 Å². The maximum absolute atomic E-state index is 14.3. The molecule has 1 aromatic heterocycles. The molecule has 3 aromatic rings. The van der Waals surface area contributed by atoms with Crippen molar-refractivity contribution >= 4 is 29.0 Å². The van der Waals surface area contributed by atoms with Gasteiger partial charge < -0.3 is 26.0 Å². The van der Waals surface area contributed by atoms with E-state index in [9.17, 15) is 23.5 Å². The van der Waals surface area contributed by atoms with Gasteiger partial charge in [0.05, 0.1) is 16.9 Å². The van der Waals surface area contributed by atoms with Crippen LogP contribution in [0.15, 0.2) is 48.5 Å². The number of nitrogens with one attached hydrogen (secondary N) is 1. The van der Waals surface area contributed by atoms with E-state index in [1.54, 1.807) is 30.1 Å². The lowest BCUT2D eigenvalue weighted by molar-refractivity contribution is -0.127. The van der Waals surface area contributed by atoms with Crippen LogP contribution in [0.5, 0.6) is 5.75 Å². The van der Waals surface area contributed by atoms with Gasteiger partial charge in [-0.05, 0) is 55.3 Å². The number of likely N-dealkylation sites (tertiary alicyclic amines) is 1. The van der Waals surface area contributed by atoms with Crippen molar-refractivity contribution < 1.29 is 23.5 Å². The van der Waals surface area contributed by atoms with Crippen LogP contribution in [0.1, 0.15) is 29.6 Å². The standard InChI is InChI=1S/C26H27F2N5O3/c1-32(22-9-5-16(27)14-20(22)28)17-6-10-23(34)19(15-17)21-8-7-18(25(29)31-21)26(36)30-11-3-13-33-12-2-4-24(33)35/h5-10,14-15,34H,2-4,11-13H2,1H3,(H2,29,31)(H,30,36). The van der Waals surface area contributed by atoms with Crippen molar-refractivity contribution in [1.82, 2.24) is 15.2 Å². The molecule has 1 fully saturated rings. The monoisotopic (exact) mass is 495 g/mol. The summed E-state index contributed by atoms with van der Waals surface area (Å²) < 4.78 is 27.5. The van der Waals surface area contributed by atoms with E-state index in [-0.39, 0.29) is 34.6 Å². The van der Waals surface area contributed by atoms with Crippen LogP contribution >= 0.6 is 0 Å². The quantitative estimate of drug-likeness (QED) is 0.410. The van der Waals surface area contributed by atoms with Crippen molar-refractivity contribution in [2.75, 3.05) is 37.3 Å². The first-order valence-electron chi connectivity index (χ1n) is 11.6. The van der Waals surface area contributed by atoms with Gasteiger partial charge in [-0.2, -0.15) is 0 Å². The number of rotatable bonds is 8. The number of carbonyl (C=O) groups is 2. The molecule has 0 atom stereocenters. The first kappa shape index (κ1) is 24.9. The molecule has 2 heterocycles. The fourth-order valence-corrected chi connectivity index (χ4v) is 4.15. The summed E-state index contributed by atoms with van der Waals surface area (Å²) in [6, 6.07) is 11.0. The molecule has 0 unspecified atom stereocenters. The Kier molecular flexibility index (Phi) is 7.33. The van der Waals surface area contributed by atoms with Crippen molar-refractivity contribution in [2.45, 2.75) is 19.3 Å². The third-order valence-electron chi connectivity index (χ3n) is 6.15. The predicted octanol–water partition coefficient (Wildman–Crippen LogP) is 3.82. The summed E-state index contributed by atoms with van der Waals surface area (Å²) in [5, 5.41) is 13.2. The molecule has 0 spiro atoms. The smallest absolute Gasteiger partial charge is 0.255 e. The fourth-order valence-electron chi connectivity index (χ4n) is 4.15. The summed E-state index contributed by atoms with van der Waals surface area (Å²) in [6.07, 6.45) is 2.09. The molecule has 0 aliphatic carbocycles. The Balaban J connectivity index is 1.46. The van der Waals surface area contributed by atoms with Gasteiger partial charge in [-0.1, -0.05) is 0 Å². The third kappa shape index (κ3) is 5.37. The number of aromatic hydroxyl groups is 1. The van der Waals surface area contributed by atoms with Crippen LogP contribution in [0, 0.1) is 11.6 Å². The molecule has 4 N–H and O–H groups in total. The summed E-state index contributed by atoms with van der Waals surface area (Å²) in [6.45, 7) is 1.74. The van der Waals surface area contributed by atoms with Crippen LogP contribution in [-0.2, 0) is 4.79 Å². The molecule has 1 saturated heterocycles. The molecule has 0 radical (unpaired) electrons. The second-order valence-corrected chi connectivity index (χ2v) is 8.58. The molecular formula is C26H27F2N5O3. The number of phenolic OH excluding ortho intramolecular Hbond substituents is 1. The van der Waals surface area contributed by atoms with Crippen LogP contribution in [0.2, 0.25) is 0 Å². The summed E-state index contributed by atoms with van der Waals surface area (Å²) in [7, 11) is 1.61. The highest BCUT2D eigenvalue weighted by atomic mass is 19.1. The van der Waals surface area contributed by atoms with Crippen LogP contribution in [0.25, 0.3) is 11.3 Å². The normalized spacial score (nSPS) is 13.2. The molecule has 8 nitrogen and oxygen atoms in total. The molecule has 2 amide bonds. The summed E-state index contributed by atoms with van der Waals surface area (Å²) in [5.74, 6) is -1.73. The van der Waals surface area contributed by atoms with Gasteiger partial charge in [0.25, 0.3) is 5.91 Å². The van der Waals surface area contributed by atoms with Crippen LogP contribution < -0.4 is 16.0 Å². The van der Waals surface area contributed by atoms with E-state index < -0.39 is 11.6 Å². The average Bonchev–Trinajstić information content (AvgIpc) is 3.26. The van der Waals surface area contributed by atoms with Gasteiger partial charge in [-0.25, -0.2) is 13.8 Å². The average molecular weight is 496 g/mol. The van der Waals surface area contributed by atoms with Crippen LogP contribution in [0.4, 0.5) is 26.0 Å². The van der Waals surface area contributed by atoms with Crippen molar-refractivity contribution in [3.63, 3.8) is 0 Å². The molecular weight excluding hydrogens is 468 g/mol. The highest BCUT2D eigenvalue weighted by Crippen LogP contribution is 2.35. The zero-order chi connectivity index (χ0) is 25.8. The van der Waals surface area contributed by atoms with Gasteiger partial charge in [-0.3, -0.25) is 9.59 Å². The lowest BCUT2D eigenvalue weighted by Gasteiger charge is -2.21. The molecule has 36 heavy (non-hydrogen) atoms. The number of halogens is 2. The summed E-state index contributed by atoms with van der Waals surface area (Å²) in [4.78, 5) is 31.8. The number of amides is 2. The number of anilines is 3. The van der Waals surface area contributed by atoms with Gasteiger partial charge in [0.15, 0.2) is 0 Å². The summed E-state index contributed by atoms with van der Waals surface area (Å²) >= 11 is 0. The number of benzene rings is 2. The minimum atomic E-state index is -0.725. The molecule has 1 aliphatic heterocycles. The second-order valence-electron chi connectivity index (χ2n) is 8.58. The second kappa shape index (κ2) is 10.6. The van der Waals surface area contributed by atoms with Crippen molar-refractivity contribution in [3.05, 3.63) is 65.7 Å². The van der Waals surface area contributed by atoms with E-state index in [0.29, 0.717) is 42.9 Å². The Morgan fingerprint density at radius 2 is 2.00 bits per heavy atom. The Hall–Kier alpha value is -4.21. The zero-order valence-electron chi connectivity index (χ0n) is 19.8. The molecule has 2 aromatic carbocycles. The SMILES string of the molecule is CN(c1ccc(O)c(-c2ccc(C(=O)NCCCN3CCCC3=O)c(N)n2)c1)c1ccc(F)cc1F. The van der Waals surface area contributed by atoms with E-state index in [1.807, 2.05) is 0 Å². The van der Waals surface area contributed by atoms with Gasteiger partial charge >= 0.3 is 0 Å². The Morgan fingerprint density at radius 3 is 2.69 bits per heavy atom. The number of nitrogens with two attached hydrogens (primary N) is 1. The number of nitrogen functional groups attached to an aromatic ring is 1. The number of pyridine rings is 1. The van der Waals surface area contributed by atoms with Crippen molar-refractivity contribution in [2.24, 2.45) is 0 Å². The topological polar surface area (TPSA) is 112 Å². The first-order chi connectivity index (χ1) is 17.2. The number of hydrogen-bond acceptors (Lipinski definition) is 6. The number of phenols is 1. The van der Waals surface area contributed by atoms with E-state index in [2.05, 4.69) is 10.3 Å². The fraction of sp³-hybridized carbons (Fsp3) is 0.269. The minimum Gasteiger partial charge on any atom is -0.507 e. The zero-order valence-corrected chi connectivity index (χ0v) is 19.8. The molecule has 1 aliphatic rings. The number of hydrogen-bond donors (Lipinski definition) is 3. The maximum atomic E-state index is 14.3. The van der Waals surface area contributed by atoms with Crippen LogP contribution in [0.3, 0.4) is 0 Å². The maximum Gasteiger partial charge on any atom is 0.255 e. The number of aromatic nitrogens is 1. The number of nitrogens with zero attached hydrogens (tertiary/aromatic N) is 3. The third-order valence-corrected chi connectivity index (χ3v) is 6.15. The predicted molar refractivity (Wildman–Crippen MR) is 133 cm³/mol. The highest BCUT2D eigenvalue weighted by molar-refractivity contribution is 5.98. The van der Waals surface area contributed by atoms with E-state index in [0.717, 1.165) is 25.1 Å². The van der Waals surface area contributed by atoms with Gasteiger partial charge in [-0.15, -0.1) is 0 Å². The summed E-state index contributed by atoms with van der Waals surface area (Å²) in [5.41, 5.74) is 7.57.